The van der Waals surface area contributed by atoms with Crippen LogP contribution in [0.1, 0.15) is 39.8 Å². The van der Waals surface area contributed by atoms with E-state index in [-0.39, 0.29) is 6.04 Å². The van der Waals surface area contributed by atoms with Gasteiger partial charge in [-0.25, -0.2) is 4.98 Å². The summed E-state index contributed by atoms with van der Waals surface area (Å²) in [5.74, 6) is 1.22. The lowest BCUT2D eigenvalue weighted by molar-refractivity contribution is 0.122. The average molecular weight is 350 g/mol. The molecule has 0 aromatic carbocycles. The number of nitrogens with one attached hydrogen (secondary N) is 1. The fourth-order valence-electron chi connectivity index (χ4n) is 3.36. The number of aromatic nitrogens is 3. The second-order valence-electron chi connectivity index (χ2n) is 6.40. The number of aryl methyl sites for hydroxylation is 4. The lowest BCUT2D eigenvalue weighted by Gasteiger charge is -2.29. The van der Waals surface area contributed by atoms with Gasteiger partial charge in [-0.1, -0.05) is 0 Å². The molecule has 0 spiro atoms. The van der Waals surface area contributed by atoms with Crippen LogP contribution in [-0.4, -0.2) is 41.1 Å². The van der Waals surface area contributed by atoms with Gasteiger partial charge in [0.2, 0.25) is 0 Å². The fourth-order valence-corrected chi connectivity index (χ4v) is 4.32. The number of morpholine rings is 1. The van der Waals surface area contributed by atoms with E-state index >= 15 is 0 Å². The van der Waals surface area contributed by atoms with Gasteiger partial charge in [-0.2, -0.15) is 5.10 Å². The number of hydrogen-bond donors (Lipinski definition) is 1. The molecule has 132 valence electrons. The summed E-state index contributed by atoms with van der Waals surface area (Å²) in [6, 6.07) is 0.286. The summed E-state index contributed by atoms with van der Waals surface area (Å²) in [7, 11) is 2.03. The molecule has 1 fully saturated rings. The molecule has 3 rings (SSSR count). The molecule has 1 aliphatic rings. The largest absolute Gasteiger partial charge is 0.378 e. The molecule has 0 radical (unpaired) electrons. The van der Waals surface area contributed by atoms with Crippen LogP contribution in [0.25, 0.3) is 0 Å². The van der Waals surface area contributed by atoms with Crippen molar-refractivity contribution in [1.82, 2.24) is 20.1 Å². The van der Waals surface area contributed by atoms with Crippen LogP contribution in [0.15, 0.2) is 0 Å². The highest BCUT2D eigenvalue weighted by atomic mass is 32.1. The van der Waals surface area contributed by atoms with Gasteiger partial charge in [-0.05, 0) is 27.7 Å². The van der Waals surface area contributed by atoms with Crippen molar-refractivity contribution in [3.05, 3.63) is 26.8 Å². The van der Waals surface area contributed by atoms with Crippen molar-refractivity contribution in [3.8, 4) is 0 Å². The monoisotopic (exact) mass is 349 g/mol. The van der Waals surface area contributed by atoms with Crippen LogP contribution in [0.2, 0.25) is 0 Å². The first-order valence-electron chi connectivity index (χ1n) is 8.50. The first kappa shape index (κ1) is 17.4. The van der Waals surface area contributed by atoms with Crippen molar-refractivity contribution >= 4 is 17.2 Å². The second-order valence-corrected chi connectivity index (χ2v) is 7.63. The minimum Gasteiger partial charge on any atom is -0.378 e. The van der Waals surface area contributed by atoms with Crippen LogP contribution in [0, 0.1) is 20.8 Å². The summed E-state index contributed by atoms with van der Waals surface area (Å²) >= 11 is 1.78. The zero-order valence-electron chi connectivity index (χ0n) is 15.2. The fraction of sp³-hybridized carbons (Fsp3) is 0.647. The molecule has 1 saturated heterocycles. The Morgan fingerprint density at radius 2 is 1.92 bits per heavy atom. The van der Waals surface area contributed by atoms with Crippen LogP contribution in [-0.2, 0) is 18.3 Å². The van der Waals surface area contributed by atoms with Crippen molar-refractivity contribution in [1.29, 1.82) is 0 Å². The lowest BCUT2D eigenvalue weighted by atomic mass is 10.2. The summed E-state index contributed by atoms with van der Waals surface area (Å²) < 4.78 is 7.49. The Balaban J connectivity index is 1.76. The predicted octanol–water partition coefficient (Wildman–Crippen LogP) is 2.49. The number of rotatable bonds is 5. The topological polar surface area (TPSA) is 55.2 Å². The minimum atomic E-state index is 0.286. The SMILES string of the molecule is Cc1nc(C)c([C@H](C)NCc2c(C)nn(C)c2N2CCOCC2)s1. The molecule has 1 atom stereocenters. The average Bonchev–Trinajstić information content (AvgIpc) is 3.03. The molecule has 24 heavy (non-hydrogen) atoms. The van der Waals surface area contributed by atoms with Crippen LogP contribution in [0.5, 0.6) is 0 Å². The van der Waals surface area contributed by atoms with E-state index in [0.717, 1.165) is 49.2 Å². The van der Waals surface area contributed by atoms with Gasteiger partial charge in [-0.15, -0.1) is 11.3 Å². The predicted molar refractivity (Wildman–Crippen MR) is 97.8 cm³/mol. The Labute approximate surface area is 147 Å². The second kappa shape index (κ2) is 7.21. The summed E-state index contributed by atoms with van der Waals surface area (Å²) in [5, 5.41) is 9.43. The number of anilines is 1. The highest BCUT2D eigenvalue weighted by Crippen LogP contribution is 2.27. The van der Waals surface area contributed by atoms with Crippen LogP contribution >= 0.6 is 11.3 Å². The van der Waals surface area contributed by atoms with E-state index in [1.807, 2.05) is 11.7 Å². The quantitative estimate of drug-likeness (QED) is 0.899. The molecule has 7 heteroatoms. The molecular weight excluding hydrogens is 322 g/mol. The van der Waals surface area contributed by atoms with Crippen molar-refractivity contribution < 1.29 is 4.74 Å². The van der Waals surface area contributed by atoms with Crippen molar-refractivity contribution in [3.63, 3.8) is 0 Å². The number of ether oxygens (including phenoxy) is 1. The number of thiazole rings is 1. The molecule has 2 aromatic heterocycles. The minimum absolute atomic E-state index is 0.286. The normalized spacial score (nSPS) is 16.6. The molecule has 0 unspecified atom stereocenters. The summed E-state index contributed by atoms with van der Waals surface area (Å²) in [6.07, 6.45) is 0. The Kier molecular flexibility index (Phi) is 5.22. The summed E-state index contributed by atoms with van der Waals surface area (Å²) in [4.78, 5) is 8.24. The molecule has 6 nitrogen and oxygen atoms in total. The Morgan fingerprint density at radius 3 is 2.54 bits per heavy atom. The van der Waals surface area contributed by atoms with Crippen molar-refractivity contribution in [2.75, 3.05) is 31.2 Å². The zero-order chi connectivity index (χ0) is 17.3. The van der Waals surface area contributed by atoms with Gasteiger partial charge in [0.05, 0.1) is 29.6 Å². The maximum Gasteiger partial charge on any atom is 0.131 e. The van der Waals surface area contributed by atoms with E-state index in [0.29, 0.717) is 0 Å². The van der Waals surface area contributed by atoms with Crippen LogP contribution < -0.4 is 10.2 Å². The highest BCUT2D eigenvalue weighted by Gasteiger charge is 2.22. The molecule has 0 aliphatic carbocycles. The molecule has 0 saturated carbocycles. The van der Waals surface area contributed by atoms with E-state index in [9.17, 15) is 0 Å². The third kappa shape index (κ3) is 3.48. The Hall–Kier alpha value is -1.44. The van der Waals surface area contributed by atoms with E-state index in [1.54, 1.807) is 11.3 Å². The smallest absolute Gasteiger partial charge is 0.131 e. The Morgan fingerprint density at radius 1 is 1.21 bits per heavy atom. The summed E-state index contributed by atoms with van der Waals surface area (Å²) in [6.45, 7) is 12.7. The first-order chi connectivity index (χ1) is 11.5. The van der Waals surface area contributed by atoms with Gasteiger partial charge < -0.3 is 15.0 Å². The maximum absolute atomic E-state index is 5.49. The molecule has 0 amide bonds. The third-order valence-electron chi connectivity index (χ3n) is 4.54. The van der Waals surface area contributed by atoms with Gasteiger partial charge >= 0.3 is 0 Å². The molecule has 2 aromatic rings. The van der Waals surface area contributed by atoms with Crippen molar-refractivity contribution in [2.45, 2.75) is 40.3 Å². The molecule has 3 heterocycles. The van der Waals surface area contributed by atoms with Gasteiger partial charge in [0.25, 0.3) is 0 Å². The highest BCUT2D eigenvalue weighted by molar-refractivity contribution is 7.11. The van der Waals surface area contributed by atoms with Crippen LogP contribution in [0.3, 0.4) is 0 Å². The van der Waals surface area contributed by atoms with Gasteiger partial charge in [-0.3, -0.25) is 4.68 Å². The van der Waals surface area contributed by atoms with E-state index in [2.05, 4.69) is 48.0 Å². The third-order valence-corrected chi connectivity index (χ3v) is 5.80. The zero-order valence-corrected chi connectivity index (χ0v) is 16.0. The maximum atomic E-state index is 5.49. The van der Waals surface area contributed by atoms with Crippen molar-refractivity contribution in [2.24, 2.45) is 7.05 Å². The van der Waals surface area contributed by atoms with Gasteiger partial charge in [0, 0.05) is 43.2 Å². The van der Waals surface area contributed by atoms with Gasteiger partial charge in [0.15, 0.2) is 0 Å². The molecular formula is C17H27N5OS. The summed E-state index contributed by atoms with van der Waals surface area (Å²) in [5.41, 5.74) is 3.51. The molecule has 0 bridgehead atoms. The number of nitrogens with zero attached hydrogens (tertiary/aromatic N) is 4. The van der Waals surface area contributed by atoms with E-state index in [4.69, 9.17) is 4.74 Å². The van der Waals surface area contributed by atoms with Crippen LogP contribution in [0.4, 0.5) is 5.82 Å². The first-order valence-corrected chi connectivity index (χ1v) is 9.31. The van der Waals surface area contributed by atoms with Gasteiger partial charge in [0.1, 0.15) is 5.82 Å². The Bertz CT molecular complexity index is 702. The molecule has 1 N–H and O–H groups in total. The standard InChI is InChI=1S/C17H27N5OS/c1-11-15(10-18-12(2)16-13(3)19-14(4)24-16)17(21(5)20-11)22-6-8-23-9-7-22/h12,18H,6-10H2,1-5H3/t12-/m0/s1. The lowest BCUT2D eigenvalue weighted by Crippen LogP contribution is -2.38. The number of hydrogen-bond acceptors (Lipinski definition) is 6. The van der Waals surface area contributed by atoms with E-state index < -0.39 is 0 Å². The molecule has 1 aliphatic heterocycles. The van der Waals surface area contributed by atoms with E-state index in [1.165, 1.54) is 16.3 Å².